The van der Waals surface area contributed by atoms with Crippen molar-refractivity contribution in [2.45, 2.75) is 27.7 Å². The summed E-state index contributed by atoms with van der Waals surface area (Å²) in [6, 6.07) is 3.87. The van der Waals surface area contributed by atoms with Crippen LogP contribution in [-0.2, 0) is 0 Å². The second kappa shape index (κ2) is 3.69. The monoisotopic (exact) mass is 177 g/mol. The molecular formula is C11H15NO. The summed E-state index contributed by atoms with van der Waals surface area (Å²) in [4.78, 5) is 15.9. The van der Waals surface area contributed by atoms with Gasteiger partial charge in [-0.1, -0.05) is 19.9 Å². The Hall–Kier alpha value is -1.18. The molecule has 1 aromatic rings. The molecule has 0 fully saturated rings. The van der Waals surface area contributed by atoms with Crippen LogP contribution < -0.4 is 0 Å². The van der Waals surface area contributed by atoms with Crippen LogP contribution in [-0.4, -0.2) is 10.8 Å². The summed E-state index contributed by atoms with van der Waals surface area (Å²) in [6.45, 7) is 7.61. The number of Topliss-reactive ketones (excluding diaryl/α,β-unsaturated/α-hetero) is 1. The fourth-order valence-electron chi connectivity index (χ4n) is 1.15. The van der Waals surface area contributed by atoms with Crippen LogP contribution in [0.15, 0.2) is 12.1 Å². The Morgan fingerprint density at radius 3 is 2.46 bits per heavy atom. The molecule has 0 aromatic carbocycles. The zero-order valence-corrected chi connectivity index (χ0v) is 8.59. The fourth-order valence-corrected chi connectivity index (χ4v) is 1.15. The SMILES string of the molecule is Cc1ccc(C)c(C(=O)C(C)C)n1. The van der Waals surface area contributed by atoms with E-state index < -0.39 is 0 Å². The predicted molar refractivity (Wildman–Crippen MR) is 52.9 cm³/mol. The second-order valence-corrected chi connectivity index (χ2v) is 3.64. The maximum absolute atomic E-state index is 11.7. The van der Waals surface area contributed by atoms with Gasteiger partial charge in [-0.2, -0.15) is 0 Å². The van der Waals surface area contributed by atoms with Crippen LogP contribution in [0.3, 0.4) is 0 Å². The number of carbonyl (C=O) groups excluding carboxylic acids is 1. The molecule has 0 amide bonds. The summed E-state index contributed by atoms with van der Waals surface area (Å²) in [5.74, 6) is 0.147. The lowest BCUT2D eigenvalue weighted by Crippen LogP contribution is -2.12. The molecule has 0 spiro atoms. The van der Waals surface area contributed by atoms with Crippen LogP contribution in [0.5, 0.6) is 0 Å². The first-order chi connectivity index (χ1) is 6.02. The first-order valence-corrected chi connectivity index (χ1v) is 4.51. The van der Waals surface area contributed by atoms with Crippen LogP contribution in [0.2, 0.25) is 0 Å². The van der Waals surface area contributed by atoms with Crippen LogP contribution in [0.25, 0.3) is 0 Å². The maximum atomic E-state index is 11.7. The Kier molecular flexibility index (Phi) is 2.81. The van der Waals surface area contributed by atoms with Crippen LogP contribution in [0.1, 0.15) is 35.6 Å². The minimum absolute atomic E-state index is 0.0213. The van der Waals surface area contributed by atoms with Gasteiger partial charge in [0.15, 0.2) is 5.78 Å². The van der Waals surface area contributed by atoms with Gasteiger partial charge in [0.1, 0.15) is 5.69 Å². The van der Waals surface area contributed by atoms with Crippen molar-refractivity contribution >= 4 is 5.78 Å². The quantitative estimate of drug-likeness (QED) is 0.650. The van der Waals surface area contributed by atoms with Gasteiger partial charge in [-0.05, 0) is 25.5 Å². The van der Waals surface area contributed by atoms with Gasteiger partial charge >= 0.3 is 0 Å². The molecule has 0 radical (unpaired) electrons. The lowest BCUT2D eigenvalue weighted by Gasteiger charge is -2.06. The first kappa shape index (κ1) is 9.90. The van der Waals surface area contributed by atoms with Gasteiger partial charge in [0.25, 0.3) is 0 Å². The minimum Gasteiger partial charge on any atom is -0.292 e. The molecule has 0 aliphatic carbocycles. The summed E-state index contributed by atoms with van der Waals surface area (Å²) in [7, 11) is 0. The lowest BCUT2D eigenvalue weighted by molar-refractivity contribution is 0.0933. The highest BCUT2D eigenvalue weighted by atomic mass is 16.1. The van der Waals surface area contributed by atoms with Crippen LogP contribution in [0.4, 0.5) is 0 Å². The van der Waals surface area contributed by atoms with Crippen molar-refractivity contribution in [2.75, 3.05) is 0 Å². The molecular weight excluding hydrogens is 162 g/mol. The van der Waals surface area contributed by atoms with E-state index in [0.717, 1.165) is 11.3 Å². The smallest absolute Gasteiger partial charge is 0.183 e. The number of nitrogens with zero attached hydrogens (tertiary/aromatic N) is 1. The molecule has 1 aromatic heterocycles. The zero-order chi connectivity index (χ0) is 10.0. The third kappa shape index (κ3) is 2.14. The molecule has 1 rings (SSSR count). The summed E-state index contributed by atoms with van der Waals surface area (Å²) >= 11 is 0. The molecule has 2 heteroatoms. The van der Waals surface area contributed by atoms with Crippen molar-refractivity contribution in [3.8, 4) is 0 Å². The predicted octanol–water partition coefficient (Wildman–Crippen LogP) is 2.54. The summed E-state index contributed by atoms with van der Waals surface area (Å²) < 4.78 is 0. The largest absolute Gasteiger partial charge is 0.292 e. The van der Waals surface area contributed by atoms with E-state index in [1.54, 1.807) is 0 Å². The highest BCUT2D eigenvalue weighted by Gasteiger charge is 2.14. The van der Waals surface area contributed by atoms with Crippen molar-refractivity contribution < 1.29 is 4.79 Å². The van der Waals surface area contributed by atoms with Crippen molar-refractivity contribution in [1.82, 2.24) is 4.98 Å². The zero-order valence-electron chi connectivity index (χ0n) is 8.59. The molecule has 2 nitrogen and oxygen atoms in total. The highest BCUT2D eigenvalue weighted by Crippen LogP contribution is 2.11. The molecule has 0 N–H and O–H groups in total. The van der Waals surface area contributed by atoms with E-state index >= 15 is 0 Å². The van der Waals surface area contributed by atoms with E-state index in [1.807, 2.05) is 39.8 Å². The first-order valence-electron chi connectivity index (χ1n) is 4.51. The van der Waals surface area contributed by atoms with E-state index in [4.69, 9.17) is 0 Å². The van der Waals surface area contributed by atoms with Gasteiger partial charge in [-0.25, -0.2) is 4.98 Å². The maximum Gasteiger partial charge on any atom is 0.183 e. The molecule has 1 heterocycles. The highest BCUT2D eigenvalue weighted by molar-refractivity contribution is 5.96. The average molecular weight is 177 g/mol. The topological polar surface area (TPSA) is 30.0 Å². The summed E-state index contributed by atoms with van der Waals surface area (Å²) in [5, 5.41) is 0. The minimum atomic E-state index is 0.0213. The van der Waals surface area contributed by atoms with Gasteiger partial charge in [0.2, 0.25) is 0 Å². The number of hydrogen-bond acceptors (Lipinski definition) is 2. The Labute approximate surface area is 79.0 Å². The van der Waals surface area contributed by atoms with Crippen molar-refractivity contribution in [3.63, 3.8) is 0 Å². The van der Waals surface area contributed by atoms with Gasteiger partial charge in [0.05, 0.1) is 0 Å². The van der Waals surface area contributed by atoms with Gasteiger partial charge in [0, 0.05) is 11.6 Å². The number of pyridine rings is 1. The number of aromatic nitrogens is 1. The number of aryl methyl sites for hydroxylation is 2. The Morgan fingerprint density at radius 1 is 1.31 bits per heavy atom. The van der Waals surface area contributed by atoms with Gasteiger partial charge in [-0.15, -0.1) is 0 Å². The summed E-state index contributed by atoms with van der Waals surface area (Å²) in [6.07, 6.45) is 0. The third-order valence-electron chi connectivity index (χ3n) is 1.99. The van der Waals surface area contributed by atoms with Crippen LogP contribution >= 0.6 is 0 Å². The standard InChI is InChI=1S/C11H15NO/c1-7(2)11(13)10-8(3)5-6-9(4)12-10/h5-7H,1-4H3. The normalized spacial score (nSPS) is 10.5. The van der Waals surface area contributed by atoms with Crippen LogP contribution in [0, 0.1) is 19.8 Å². The molecule has 0 bridgehead atoms. The molecule has 0 unspecified atom stereocenters. The van der Waals surface area contributed by atoms with E-state index in [0.29, 0.717) is 5.69 Å². The van der Waals surface area contributed by atoms with E-state index in [9.17, 15) is 4.79 Å². The summed E-state index contributed by atoms with van der Waals surface area (Å²) in [5.41, 5.74) is 2.48. The number of hydrogen-bond donors (Lipinski definition) is 0. The fraction of sp³-hybridized carbons (Fsp3) is 0.455. The lowest BCUT2D eigenvalue weighted by atomic mass is 10.0. The molecule has 0 aliphatic rings. The number of rotatable bonds is 2. The molecule has 0 saturated heterocycles. The molecule has 0 aliphatic heterocycles. The van der Waals surface area contributed by atoms with E-state index in [-0.39, 0.29) is 11.7 Å². The Balaban J connectivity index is 3.13. The average Bonchev–Trinajstić information content (AvgIpc) is 2.08. The Morgan fingerprint density at radius 2 is 1.92 bits per heavy atom. The van der Waals surface area contributed by atoms with E-state index in [2.05, 4.69) is 4.98 Å². The molecule has 0 atom stereocenters. The number of carbonyl (C=O) groups is 1. The molecule has 13 heavy (non-hydrogen) atoms. The Bertz CT molecular complexity index is 329. The van der Waals surface area contributed by atoms with E-state index in [1.165, 1.54) is 0 Å². The van der Waals surface area contributed by atoms with Crippen molar-refractivity contribution in [1.29, 1.82) is 0 Å². The van der Waals surface area contributed by atoms with Gasteiger partial charge < -0.3 is 0 Å². The van der Waals surface area contributed by atoms with Crippen molar-refractivity contribution in [3.05, 3.63) is 29.1 Å². The molecule has 70 valence electrons. The number of ketones is 1. The van der Waals surface area contributed by atoms with Crippen molar-refractivity contribution in [2.24, 2.45) is 5.92 Å². The third-order valence-corrected chi connectivity index (χ3v) is 1.99. The van der Waals surface area contributed by atoms with Gasteiger partial charge in [-0.3, -0.25) is 4.79 Å². The molecule has 0 saturated carbocycles. The second-order valence-electron chi connectivity index (χ2n) is 3.64.